The van der Waals surface area contributed by atoms with Gasteiger partial charge in [-0.1, -0.05) is 23.7 Å². The number of nitrogens with two attached hydrogens (primary N) is 1. The van der Waals surface area contributed by atoms with E-state index in [4.69, 9.17) is 22.1 Å². The van der Waals surface area contributed by atoms with Gasteiger partial charge in [0.1, 0.15) is 18.1 Å². The van der Waals surface area contributed by atoms with Gasteiger partial charge in [-0.25, -0.2) is 0 Å². The van der Waals surface area contributed by atoms with E-state index in [-0.39, 0.29) is 18.9 Å². The molecule has 23 heavy (non-hydrogen) atoms. The van der Waals surface area contributed by atoms with Crippen LogP contribution in [-0.2, 0) is 16.1 Å². The molecule has 1 fully saturated rings. The van der Waals surface area contributed by atoms with Crippen molar-refractivity contribution in [2.45, 2.75) is 25.4 Å². The third-order valence-corrected chi connectivity index (χ3v) is 4.06. The molecule has 1 saturated carbocycles. The number of halogens is 1. The van der Waals surface area contributed by atoms with Crippen molar-refractivity contribution in [1.82, 2.24) is 4.98 Å². The standard InChI is InChI=1S/C17H17ClN2O3/c18-12-3-1-2-11(6-12)13-8-20-14(9-23-15(21)7-19)17(22)16(13)10-4-5-10/h1-3,6,8,10,22H,4-5,7,9,19H2. The zero-order chi connectivity index (χ0) is 16.4. The summed E-state index contributed by atoms with van der Waals surface area (Å²) in [5.74, 6) is -0.135. The minimum Gasteiger partial charge on any atom is -0.506 e. The summed E-state index contributed by atoms with van der Waals surface area (Å²) in [5.41, 5.74) is 8.17. The number of rotatable bonds is 5. The van der Waals surface area contributed by atoms with Gasteiger partial charge < -0.3 is 15.6 Å². The number of aromatic nitrogens is 1. The Kier molecular flexibility index (Phi) is 4.50. The summed E-state index contributed by atoms with van der Waals surface area (Å²) < 4.78 is 4.97. The molecule has 1 aliphatic carbocycles. The second-order valence-corrected chi connectivity index (χ2v) is 5.97. The number of carbonyl (C=O) groups is 1. The minimum atomic E-state index is -0.530. The molecule has 0 atom stereocenters. The van der Waals surface area contributed by atoms with Crippen LogP contribution >= 0.6 is 11.6 Å². The molecule has 1 heterocycles. The lowest BCUT2D eigenvalue weighted by molar-refractivity contribution is -0.143. The molecule has 2 aromatic rings. The molecule has 0 aliphatic heterocycles. The van der Waals surface area contributed by atoms with Crippen LogP contribution in [0.3, 0.4) is 0 Å². The fourth-order valence-electron chi connectivity index (χ4n) is 2.54. The molecule has 0 unspecified atom stereocenters. The summed E-state index contributed by atoms with van der Waals surface area (Å²) in [4.78, 5) is 15.4. The molecule has 1 aliphatic rings. The Hall–Kier alpha value is -2.11. The Morgan fingerprint density at radius 3 is 2.87 bits per heavy atom. The lowest BCUT2D eigenvalue weighted by Gasteiger charge is -2.14. The quantitative estimate of drug-likeness (QED) is 0.822. The lowest BCUT2D eigenvalue weighted by Crippen LogP contribution is -2.17. The molecule has 0 radical (unpaired) electrons. The van der Waals surface area contributed by atoms with Gasteiger partial charge in [-0.3, -0.25) is 9.78 Å². The van der Waals surface area contributed by atoms with E-state index in [1.165, 1.54) is 0 Å². The zero-order valence-electron chi connectivity index (χ0n) is 12.5. The fourth-order valence-corrected chi connectivity index (χ4v) is 2.73. The maximum atomic E-state index is 11.2. The molecule has 0 amide bonds. The molecule has 0 spiro atoms. The van der Waals surface area contributed by atoms with Crippen LogP contribution in [0.25, 0.3) is 11.1 Å². The van der Waals surface area contributed by atoms with Gasteiger partial charge in [0.25, 0.3) is 0 Å². The minimum absolute atomic E-state index is 0.0859. The predicted molar refractivity (Wildman–Crippen MR) is 87.2 cm³/mol. The van der Waals surface area contributed by atoms with Crippen molar-refractivity contribution in [3.8, 4) is 16.9 Å². The Morgan fingerprint density at radius 1 is 1.43 bits per heavy atom. The summed E-state index contributed by atoms with van der Waals surface area (Å²) in [6, 6.07) is 7.44. The van der Waals surface area contributed by atoms with Gasteiger partial charge in [-0.15, -0.1) is 0 Å². The van der Waals surface area contributed by atoms with E-state index in [1.54, 1.807) is 12.3 Å². The number of benzene rings is 1. The maximum absolute atomic E-state index is 11.2. The summed E-state index contributed by atoms with van der Waals surface area (Å²) in [6.07, 6.45) is 3.74. The van der Waals surface area contributed by atoms with E-state index in [0.717, 1.165) is 29.5 Å². The number of aromatic hydroxyl groups is 1. The average molecular weight is 333 g/mol. The number of carbonyl (C=O) groups excluding carboxylic acids is 1. The highest BCUT2D eigenvalue weighted by Gasteiger charge is 2.31. The van der Waals surface area contributed by atoms with Crippen molar-refractivity contribution in [2.24, 2.45) is 5.73 Å². The Labute approximate surface area is 139 Å². The van der Waals surface area contributed by atoms with Gasteiger partial charge in [0.2, 0.25) is 0 Å². The van der Waals surface area contributed by atoms with E-state index >= 15 is 0 Å². The van der Waals surface area contributed by atoms with Gasteiger partial charge in [0, 0.05) is 22.3 Å². The second kappa shape index (κ2) is 6.56. The van der Waals surface area contributed by atoms with Gasteiger partial charge >= 0.3 is 5.97 Å². The predicted octanol–water partition coefficient (Wildman–Crippen LogP) is 2.99. The average Bonchev–Trinajstić information content (AvgIpc) is 3.37. The third kappa shape index (κ3) is 3.46. The van der Waals surface area contributed by atoms with Crippen LogP contribution in [0.5, 0.6) is 5.75 Å². The van der Waals surface area contributed by atoms with E-state index < -0.39 is 5.97 Å². The van der Waals surface area contributed by atoms with Crippen molar-refractivity contribution in [2.75, 3.05) is 6.54 Å². The molecule has 1 aromatic carbocycles. The highest BCUT2D eigenvalue weighted by atomic mass is 35.5. The Bertz CT molecular complexity index is 745. The molecule has 3 N–H and O–H groups in total. The largest absolute Gasteiger partial charge is 0.506 e. The van der Waals surface area contributed by atoms with Crippen LogP contribution in [0, 0.1) is 0 Å². The number of nitrogens with zero attached hydrogens (tertiary/aromatic N) is 1. The van der Waals surface area contributed by atoms with Crippen LogP contribution in [0.4, 0.5) is 0 Å². The first kappa shape index (κ1) is 15.8. The number of hydrogen-bond donors (Lipinski definition) is 2. The van der Waals surface area contributed by atoms with Gasteiger partial charge in [0.05, 0.1) is 6.54 Å². The summed E-state index contributed by atoms with van der Waals surface area (Å²) in [5, 5.41) is 11.2. The van der Waals surface area contributed by atoms with Crippen molar-refractivity contribution in [3.63, 3.8) is 0 Å². The van der Waals surface area contributed by atoms with E-state index in [2.05, 4.69) is 4.98 Å². The van der Waals surface area contributed by atoms with Crippen LogP contribution in [0.2, 0.25) is 5.02 Å². The Morgan fingerprint density at radius 2 is 2.22 bits per heavy atom. The molecule has 0 bridgehead atoms. The summed E-state index contributed by atoms with van der Waals surface area (Å²) in [6.45, 7) is -0.283. The van der Waals surface area contributed by atoms with Crippen molar-refractivity contribution >= 4 is 17.6 Å². The van der Waals surface area contributed by atoms with E-state index in [0.29, 0.717) is 16.6 Å². The van der Waals surface area contributed by atoms with E-state index in [9.17, 15) is 9.90 Å². The molecular formula is C17H17ClN2O3. The first-order valence-corrected chi connectivity index (χ1v) is 7.80. The number of ether oxygens (including phenoxy) is 1. The SMILES string of the molecule is NCC(=O)OCc1ncc(-c2cccc(Cl)c2)c(C2CC2)c1O. The van der Waals surface area contributed by atoms with Crippen LogP contribution < -0.4 is 5.73 Å². The van der Waals surface area contributed by atoms with Gasteiger partial charge in [0.15, 0.2) is 0 Å². The lowest BCUT2D eigenvalue weighted by atomic mass is 9.97. The van der Waals surface area contributed by atoms with Crippen molar-refractivity contribution < 1.29 is 14.6 Å². The molecule has 6 heteroatoms. The smallest absolute Gasteiger partial charge is 0.320 e. The van der Waals surface area contributed by atoms with Crippen molar-refractivity contribution in [1.29, 1.82) is 0 Å². The molecule has 3 rings (SSSR count). The van der Waals surface area contributed by atoms with Gasteiger partial charge in [-0.05, 0) is 36.5 Å². The normalized spacial score (nSPS) is 13.8. The Balaban J connectivity index is 1.98. The molecule has 5 nitrogen and oxygen atoms in total. The number of pyridine rings is 1. The fraction of sp³-hybridized carbons (Fsp3) is 0.294. The monoisotopic (exact) mass is 332 g/mol. The summed E-state index contributed by atoms with van der Waals surface area (Å²) >= 11 is 6.06. The van der Waals surface area contributed by atoms with Gasteiger partial charge in [-0.2, -0.15) is 0 Å². The number of hydrogen-bond acceptors (Lipinski definition) is 5. The molecule has 1 aromatic heterocycles. The first-order chi connectivity index (χ1) is 11.1. The zero-order valence-corrected chi connectivity index (χ0v) is 13.2. The van der Waals surface area contributed by atoms with E-state index in [1.807, 2.05) is 18.2 Å². The first-order valence-electron chi connectivity index (χ1n) is 7.42. The maximum Gasteiger partial charge on any atom is 0.320 e. The molecular weight excluding hydrogens is 316 g/mol. The van der Waals surface area contributed by atoms with Crippen LogP contribution in [-0.4, -0.2) is 22.6 Å². The number of esters is 1. The van der Waals surface area contributed by atoms with Crippen molar-refractivity contribution in [3.05, 3.63) is 46.7 Å². The highest BCUT2D eigenvalue weighted by Crippen LogP contribution is 2.49. The second-order valence-electron chi connectivity index (χ2n) is 5.53. The van der Waals surface area contributed by atoms with Crippen LogP contribution in [0.15, 0.2) is 30.5 Å². The molecule has 0 saturated heterocycles. The third-order valence-electron chi connectivity index (χ3n) is 3.83. The molecule has 120 valence electrons. The summed E-state index contributed by atoms with van der Waals surface area (Å²) in [7, 11) is 0. The topological polar surface area (TPSA) is 85.4 Å². The highest BCUT2D eigenvalue weighted by molar-refractivity contribution is 6.30. The van der Waals surface area contributed by atoms with Crippen LogP contribution in [0.1, 0.15) is 30.0 Å².